The summed E-state index contributed by atoms with van der Waals surface area (Å²) < 4.78 is 7.81. The lowest BCUT2D eigenvalue weighted by molar-refractivity contribution is -0.166. The molecule has 0 fully saturated rings. The molecular formula is C9H8O10. The van der Waals surface area contributed by atoms with Gasteiger partial charge in [0, 0.05) is 0 Å². The zero-order valence-electron chi connectivity index (χ0n) is 9.28. The van der Waals surface area contributed by atoms with Crippen LogP contribution in [0.25, 0.3) is 0 Å². The molecule has 0 atom stereocenters. The van der Waals surface area contributed by atoms with Crippen molar-refractivity contribution in [3.05, 3.63) is 0 Å². The highest BCUT2D eigenvalue weighted by Gasteiger charge is 2.20. The van der Waals surface area contributed by atoms with Crippen molar-refractivity contribution in [3.63, 3.8) is 0 Å². The van der Waals surface area contributed by atoms with Gasteiger partial charge in [-0.05, 0) is 0 Å². The molecule has 0 spiro atoms. The van der Waals surface area contributed by atoms with Gasteiger partial charge in [0.15, 0.2) is 0 Å². The van der Waals surface area contributed by atoms with Gasteiger partial charge in [-0.15, -0.1) is 0 Å². The molecule has 0 saturated carbocycles. The quantitative estimate of drug-likeness (QED) is 0.429. The van der Waals surface area contributed by atoms with Crippen LogP contribution in [0.2, 0.25) is 0 Å². The number of carboxylic acid groups (broad SMARTS) is 2. The number of esters is 4. The standard InChI is InChI=1S/C9H8O10/c10-4(11)1-6(14)18-8(16)3-9(17)19-7(15)2-5(12)13/h1-3H2,(H,10,11)(H,12,13). The number of carbonyl (C=O) groups excluding carboxylic acids is 4. The van der Waals surface area contributed by atoms with Crippen LogP contribution in [0.1, 0.15) is 19.3 Å². The minimum atomic E-state index is -1.53. The van der Waals surface area contributed by atoms with Crippen molar-refractivity contribution in [1.29, 1.82) is 0 Å². The summed E-state index contributed by atoms with van der Waals surface area (Å²) in [6.07, 6.45) is -3.27. The Morgan fingerprint density at radius 2 is 0.842 bits per heavy atom. The molecule has 0 aromatic heterocycles. The van der Waals surface area contributed by atoms with Crippen molar-refractivity contribution < 1.29 is 48.5 Å². The predicted octanol–water partition coefficient (Wildman–Crippen LogP) is -1.53. The second kappa shape index (κ2) is 7.53. The molecule has 0 saturated heterocycles. The van der Waals surface area contributed by atoms with E-state index in [-0.39, 0.29) is 0 Å². The molecule has 10 heteroatoms. The number of hydrogen-bond donors (Lipinski definition) is 2. The first-order valence-corrected chi connectivity index (χ1v) is 4.61. The SMILES string of the molecule is O=C(O)CC(=O)OC(=O)CC(=O)OC(=O)CC(=O)O. The lowest BCUT2D eigenvalue weighted by Gasteiger charge is -2.01. The lowest BCUT2D eigenvalue weighted by Crippen LogP contribution is -2.21. The Morgan fingerprint density at radius 3 is 1.11 bits per heavy atom. The Bertz CT molecular complexity index is 394. The first-order valence-electron chi connectivity index (χ1n) is 4.61. The number of ether oxygens (including phenoxy) is 2. The van der Waals surface area contributed by atoms with E-state index in [1.807, 2.05) is 0 Å². The molecule has 0 amide bonds. The molecule has 0 radical (unpaired) electrons. The van der Waals surface area contributed by atoms with Gasteiger partial charge in [-0.2, -0.15) is 0 Å². The Morgan fingerprint density at radius 1 is 0.579 bits per heavy atom. The van der Waals surface area contributed by atoms with Crippen molar-refractivity contribution in [3.8, 4) is 0 Å². The molecule has 0 unspecified atom stereocenters. The van der Waals surface area contributed by atoms with Crippen molar-refractivity contribution in [2.24, 2.45) is 0 Å². The van der Waals surface area contributed by atoms with Crippen molar-refractivity contribution in [2.45, 2.75) is 19.3 Å². The van der Waals surface area contributed by atoms with E-state index in [0.717, 1.165) is 0 Å². The number of rotatable bonds is 6. The Hall–Kier alpha value is -2.78. The Kier molecular flexibility index (Phi) is 6.43. The zero-order chi connectivity index (χ0) is 15.0. The van der Waals surface area contributed by atoms with E-state index in [9.17, 15) is 28.8 Å². The summed E-state index contributed by atoms with van der Waals surface area (Å²) in [5.41, 5.74) is 0. The molecule has 104 valence electrons. The summed E-state index contributed by atoms with van der Waals surface area (Å²) in [5, 5.41) is 16.4. The second-order valence-corrected chi connectivity index (χ2v) is 3.01. The van der Waals surface area contributed by atoms with Gasteiger partial charge in [-0.1, -0.05) is 0 Å². The highest BCUT2D eigenvalue weighted by atomic mass is 16.6. The van der Waals surface area contributed by atoms with Crippen LogP contribution in [0.15, 0.2) is 0 Å². The van der Waals surface area contributed by atoms with Crippen LogP contribution >= 0.6 is 0 Å². The van der Waals surface area contributed by atoms with E-state index in [1.54, 1.807) is 0 Å². The maximum absolute atomic E-state index is 10.9. The first kappa shape index (κ1) is 16.2. The minimum Gasteiger partial charge on any atom is -0.481 e. The molecule has 2 N–H and O–H groups in total. The fourth-order valence-electron chi connectivity index (χ4n) is 0.763. The zero-order valence-corrected chi connectivity index (χ0v) is 9.28. The summed E-state index contributed by atoms with van der Waals surface area (Å²) >= 11 is 0. The molecule has 0 aromatic rings. The van der Waals surface area contributed by atoms with E-state index in [4.69, 9.17) is 10.2 Å². The monoisotopic (exact) mass is 276 g/mol. The van der Waals surface area contributed by atoms with Gasteiger partial charge >= 0.3 is 35.8 Å². The van der Waals surface area contributed by atoms with E-state index < -0.39 is 55.1 Å². The third-order valence-electron chi connectivity index (χ3n) is 1.34. The summed E-state index contributed by atoms with van der Waals surface area (Å²) in [6, 6.07) is 0. The molecule has 0 aliphatic carbocycles. The number of hydrogen-bond acceptors (Lipinski definition) is 8. The molecule has 0 rings (SSSR count). The number of carbonyl (C=O) groups is 6. The normalized spacial score (nSPS) is 9.26. The van der Waals surface area contributed by atoms with Gasteiger partial charge < -0.3 is 19.7 Å². The summed E-state index contributed by atoms with van der Waals surface area (Å²) in [6.45, 7) is 0. The summed E-state index contributed by atoms with van der Waals surface area (Å²) in [7, 11) is 0. The van der Waals surface area contributed by atoms with Crippen LogP contribution in [-0.4, -0.2) is 46.0 Å². The van der Waals surface area contributed by atoms with E-state index in [1.165, 1.54) is 0 Å². The van der Waals surface area contributed by atoms with E-state index in [2.05, 4.69) is 9.47 Å². The first-order chi connectivity index (χ1) is 8.70. The molecule has 0 heterocycles. The van der Waals surface area contributed by atoms with Gasteiger partial charge in [0.2, 0.25) is 0 Å². The molecule has 0 aromatic carbocycles. The van der Waals surface area contributed by atoms with Gasteiger partial charge in [-0.25, -0.2) is 0 Å². The van der Waals surface area contributed by atoms with Crippen LogP contribution in [0.5, 0.6) is 0 Å². The average Bonchev–Trinajstić information content (AvgIpc) is 2.12. The van der Waals surface area contributed by atoms with Gasteiger partial charge in [-0.3, -0.25) is 28.8 Å². The molecule has 19 heavy (non-hydrogen) atoms. The highest BCUT2D eigenvalue weighted by Crippen LogP contribution is 1.96. The molecule has 0 aliphatic heterocycles. The topological polar surface area (TPSA) is 161 Å². The van der Waals surface area contributed by atoms with Crippen molar-refractivity contribution in [1.82, 2.24) is 0 Å². The van der Waals surface area contributed by atoms with Crippen molar-refractivity contribution >= 4 is 35.8 Å². The fraction of sp³-hybridized carbons (Fsp3) is 0.333. The van der Waals surface area contributed by atoms with Crippen LogP contribution in [0.3, 0.4) is 0 Å². The smallest absolute Gasteiger partial charge is 0.324 e. The van der Waals surface area contributed by atoms with Crippen LogP contribution in [0, 0.1) is 0 Å². The van der Waals surface area contributed by atoms with Gasteiger partial charge in [0.1, 0.15) is 19.3 Å². The van der Waals surface area contributed by atoms with Gasteiger partial charge in [0.05, 0.1) is 0 Å². The minimum absolute atomic E-state index is 1.07. The predicted molar refractivity (Wildman–Crippen MR) is 51.3 cm³/mol. The second-order valence-electron chi connectivity index (χ2n) is 3.01. The lowest BCUT2D eigenvalue weighted by atomic mass is 10.4. The van der Waals surface area contributed by atoms with Crippen LogP contribution < -0.4 is 0 Å². The average molecular weight is 276 g/mol. The number of carboxylic acids is 2. The Balaban J connectivity index is 4.09. The largest absolute Gasteiger partial charge is 0.481 e. The molecule has 10 nitrogen and oxygen atoms in total. The molecule has 0 aliphatic rings. The molecular weight excluding hydrogens is 268 g/mol. The maximum Gasteiger partial charge on any atom is 0.324 e. The Labute approximate surface area is 104 Å². The number of aliphatic carboxylic acids is 2. The molecule has 0 bridgehead atoms. The highest BCUT2D eigenvalue weighted by molar-refractivity contribution is 6.03. The van der Waals surface area contributed by atoms with E-state index >= 15 is 0 Å². The van der Waals surface area contributed by atoms with Crippen LogP contribution in [-0.2, 0) is 38.2 Å². The fourth-order valence-corrected chi connectivity index (χ4v) is 0.763. The third kappa shape index (κ3) is 8.97. The summed E-state index contributed by atoms with van der Waals surface area (Å²) in [4.78, 5) is 63.3. The van der Waals surface area contributed by atoms with Gasteiger partial charge in [0.25, 0.3) is 0 Å². The maximum atomic E-state index is 10.9. The van der Waals surface area contributed by atoms with Crippen molar-refractivity contribution in [2.75, 3.05) is 0 Å². The summed E-state index contributed by atoms with van der Waals surface area (Å²) in [5.74, 6) is -8.67. The third-order valence-corrected chi connectivity index (χ3v) is 1.34. The van der Waals surface area contributed by atoms with Crippen LogP contribution in [0.4, 0.5) is 0 Å². The van der Waals surface area contributed by atoms with E-state index in [0.29, 0.717) is 0 Å².